The summed E-state index contributed by atoms with van der Waals surface area (Å²) in [5.41, 5.74) is 2.18. The first kappa shape index (κ1) is 18.5. The quantitative estimate of drug-likeness (QED) is 0.619. The largest absolute Gasteiger partial charge is 0.493 e. The van der Waals surface area contributed by atoms with E-state index in [1.807, 2.05) is 42.5 Å². The zero-order valence-electron chi connectivity index (χ0n) is 15.0. The van der Waals surface area contributed by atoms with Crippen LogP contribution in [-0.4, -0.2) is 33.3 Å². The second-order valence-electron chi connectivity index (χ2n) is 6.10. The summed E-state index contributed by atoms with van der Waals surface area (Å²) >= 11 is 6.09. The summed E-state index contributed by atoms with van der Waals surface area (Å²) in [6, 6.07) is 16.0. The van der Waals surface area contributed by atoms with Crippen molar-refractivity contribution < 1.29 is 9.47 Å². The second-order valence-corrected chi connectivity index (χ2v) is 6.54. The first-order valence-electron chi connectivity index (χ1n) is 8.68. The Bertz CT molecular complexity index is 766. The Balaban J connectivity index is 1.63. The van der Waals surface area contributed by atoms with Crippen LogP contribution in [0.1, 0.15) is 29.7 Å². The number of aliphatic imine (C=N–C) groups is 1. The Morgan fingerprint density at radius 2 is 2.15 bits per heavy atom. The van der Waals surface area contributed by atoms with Gasteiger partial charge in [-0.3, -0.25) is 4.99 Å². The molecule has 2 atom stereocenters. The van der Waals surface area contributed by atoms with Crippen LogP contribution in [0.4, 0.5) is 0 Å². The van der Waals surface area contributed by atoms with Crippen molar-refractivity contribution in [2.24, 2.45) is 4.99 Å². The molecular formula is C20H24ClN3O2. The maximum atomic E-state index is 6.09. The summed E-state index contributed by atoms with van der Waals surface area (Å²) in [6.07, 6.45) is 0.772. The Morgan fingerprint density at radius 1 is 1.31 bits per heavy atom. The fraction of sp³-hybridized carbons (Fsp3) is 0.350. The molecule has 1 aliphatic rings. The summed E-state index contributed by atoms with van der Waals surface area (Å²) in [6.45, 7) is 1.27. The van der Waals surface area contributed by atoms with Gasteiger partial charge >= 0.3 is 0 Å². The Morgan fingerprint density at radius 3 is 2.92 bits per heavy atom. The lowest BCUT2D eigenvalue weighted by Crippen LogP contribution is -2.42. The van der Waals surface area contributed by atoms with E-state index < -0.39 is 0 Å². The van der Waals surface area contributed by atoms with Gasteiger partial charge < -0.3 is 20.1 Å². The van der Waals surface area contributed by atoms with Gasteiger partial charge in [-0.15, -0.1) is 0 Å². The lowest BCUT2D eigenvalue weighted by molar-refractivity contribution is 0.106. The van der Waals surface area contributed by atoms with Crippen LogP contribution in [0.3, 0.4) is 0 Å². The molecule has 0 radical (unpaired) electrons. The molecule has 1 aliphatic heterocycles. The van der Waals surface area contributed by atoms with Gasteiger partial charge in [-0.1, -0.05) is 41.9 Å². The van der Waals surface area contributed by atoms with Crippen molar-refractivity contribution in [3.8, 4) is 5.75 Å². The van der Waals surface area contributed by atoms with Crippen molar-refractivity contribution in [1.82, 2.24) is 10.6 Å². The van der Waals surface area contributed by atoms with Gasteiger partial charge in [-0.2, -0.15) is 0 Å². The molecule has 0 amide bonds. The lowest BCUT2D eigenvalue weighted by atomic mass is 10.0. The number of ether oxygens (including phenoxy) is 2. The van der Waals surface area contributed by atoms with Crippen molar-refractivity contribution in [2.45, 2.75) is 18.6 Å². The minimum absolute atomic E-state index is 0.116. The Labute approximate surface area is 159 Å². The molecule has 0 aliphatic carbocycles. The van der Waals surface area contributed by atoms with Gasteiger partial charge in [0.15, 0.2) is 5.96 Å². The van der Waals surface area contributed by atoms with Crippen LogP contribution in [0.5, 0.6) is 5.75 Å². The van der Waals surface area contributed by atoms with Crippen LogP contribution in [0.25, 0.3) is 0 Å². The average Bonchev–Trinajstić information content (AvgIpc) is 2.67. The SMILES string of the molecule is CN=C(NCC(OC)c1cccc(Cl)c1)NC1CCOc2ccccc21. The minimum Gasteiger partial charge on any atom is -0.493 e. The molecule has 3 rings (SSSR count). The number of hydrogen-bond donors (Lipinski definition) is 2. The number of nitrogens with one attached hydrogen (secondary N) is 2. The number of guanidine groups is 1. The molecule has 0 bridgehead atoms. The summed E-state index contributed by atoms with van der Waals surface area (Å²) < 4.78 is 11.3. The van der Waals surface area contributed by atoms with Gasteiger partial charge in [0.1, 0.15) is 5.75 Å². The number of methoxy groups -OCH3 is 1. The molecular weight excluding hydrogens is 350 g/mol. The third-order valence-corrected chi connectivity index (χ3v) is 4.69. The van der Waals surface area contributed by atoms with E-state index in [1.165, 1.54) is 0 Å². The summed E-state index contributed by atoms with van der Waals surface area (Å²) in [5, 5.41) is 7.53. The third-order valence-electron chi connectivity index (χ3n) is 4.45. The molecule has 0 spiro atoms. The molecule has 1 heterocycles. The summed E-state index contributed by atoms with van der Waals surface area (Å²) in [7, 11) is 3.46. The molecule has 0 fully saturated rings. The number of halogens is 1. The number of rotatable bonds is 5. The van der Waals surface area contributed by atoms with Crippen LogP contribution in [0.15, 0.2) is 53.5 Å². The number of benzene rings is 2. The number of fused-ring (bicyclic) bond motifs is 1. The van der Waals surface area contributed by atoms with Gasteiger partial charge in [-0.25, -0.2) is 0 Å². The van der Waals surface area contributed by atoms with E-state index in [0.717, 1.165) is 29.3 Å². The molecule has 0 saturated heterocycles. The smallest absolute Gasteiger partial charge is 0.191 e. The van der Waals surface area contributed by atoms with Crippen LogP contribution in [0.2, 0.25) is 5.02 Å². The van der Waals surface area contributed by atoms with Crippen molar-refractivity contribution in [3.05, 3.63) is 64.7 Å². The van der Waals surface area contributed by atoms with E-state index in [9.17, 15) is 0 Å². The van der Waals surface area contributed by atoms with Crippen molar-refractivity contribution >= 4 is 17.6 Å². The molecule has 2 unspecified atom stereocenters. The predicted molar refractivity (Wildman–Crippen MR) is 105 cm³/mol. The Hall–Kier alpha value is -2.24. The average molecular weight is 374 g/mol. The third kappa shape index (κ3) is 4.48. The standard InChI is InChI=1S/C20H24ClN3O2/c1-22-20(23-13-19(25-2)14-6-5-7-15(21)12-14)24-17-10-11-26-18-9-4-3-8-16(17)18/h3-9,12,17,19H,10-11,13H2,1-2H3,(H2,22,23,24). The zero-order chi connectivity index (χ0) is 18.4. The molecule has 2 aromatic rings. The van der Waals surface area contributed by atoms with Crippen LogP contribution in [0, 0.1) is 0 Å². The van der Waals surface area contributed by atoms with Gasteiger partial charge in [0, 0.05) is 37.7 Å². The summed E-state index contributed by atoms with van der Waals surface area (Å²) in [5.74, 6) is 1.66. The van der Waals surface area contributed by atoms with Gasteiger partial charge in [-0.05, 0) is 23.8 Å². The zero-order valence-corrected chi connectivity index (χ0v) is 15.8. The molecule has 5 nitrogen and oxygen atoms in total. The minimum atomic E-state index is -0.116. The fourth-order valence-corrected chi connectivity index (χ4v) is 3.28. The highest BCUT2D eigenvalue weighted by Gasteiger charge is 2.22. The highest BCUT2D eigenvalue weighted by molar-refractivity contribution is 6.30. The van der Waals surface area contributed by atoms with Crippen LogP contribution in [-0.2, 0) is 4.74 Å². The molecule has 6 heteroatoms. The van der Waals surface area contributed by atoms with Gasteiger partial charge in [0.25, 0.3) is 0 Å². The number of nitrogens with zero attached hydrogens (tertiary/aromatic N) is 1. The van der Waals surface area contributed by atoms with Crippen LogP contribution < -0.4 is 15.4 Å². The number of hydrogen-bond acceptors (Lipinski definition) is 3. The lowest BCUT2D eigenvalue weighted by Gasteiger charge is -2.28. The summed E-state index contributed by atoms with van der Waals surface area (Å²) in [4.78, 5) is 4.34. The van der Waals surface area contributed by atoms with E-state index in [0.29, 0.717) is 18.2 Å². The molecule has 2 aromatic carbocycles. The van der Waals surface area contributed by atoms with Crippen molar-refractivity contribution in [1.29, 1.82) is 0 Å². The fourth-order valence-electron chi connectivity index (χ4n) is 3.09. The number of para-hydroxylation sites is 1. The predicted octanol–water partition coefficient (Wildman–Crippen LogP) is 3.72. The van der Waals surface area contributed by atoms with E-state index in [4.69, 9.17) is 21.1 Å². The molecule has 0 saturated carbocycles. The molecule has 0 aromatic heterocycles. The highest BCUT2D eigenvalue weighted by Crippen LogP contribution is 2.31. The Kier molecular flexibility index (Phi) is 6.36. The van der Waals surface area contributed by atoms with Crippen molar-refractivity contribution in [3.63, 3.8) is 0 Å². The monoisotopic (exact) mass is 373 g/mol. The maximum Gasteiger partial charge on any atom is 0.191 e. The van der Waals surface area contributed by atoms with E-state index in [-0.39, 0.29) is 12.1 Å². The topological polar surface area (TPSA) is 54.9 Å². The molecule has 2 N–H and O–H groups in total. The van der Waals surface area contributed by atoms with E-state index in [1.54, 1.807) is 14.2 Å². The normalized spacial score (nSPS) is 17.8. The highest BCUT2D eigenvalue weighted by atomic mass is 35.5. The van der Waals surface area contributed by atoms with Crippen molar-refractivity contribution in [2.75, 3.05) is 27.3 Å². The van der Waals surface area contributed by atoms with E-state index >= 15 is 0 Å². The van der Waals surface area contributed by atoms with E-state index in [2.05, 4.69) is 21.7 Å². The van der Waals surface area contributed by atoms with Gasteiger partial charge in [0.05, 0.1) is 18.8 Å². The second kappa shape index (κ2) is 8.92. The molecule has 138 valence electrons. The first-order chi connectivity index (χ1) is 12.7. The first-order valence-corrected chi connectivity index (χ1v) is 9.06. The van der Waals surface area contributed by atoms with Gasteiger partial charge in [0.2, 0.25) is 0 Å². The van der Waals surface area contributed by atoms with Crippen LogP contribution >= 0.6 is 11.6 Å². The maximum absolute atomic E-state index is 6.09. The molecule has 26 heavy (non-hydrogen) atoms.